The maximum Gasteiger partial charge on any atom is 0.332 e. The number of hydrogen-bond donors (Lipinski definition) is 2. The first kappa shape index (κ1) is 28.4. The third-order valence-corrected chi connectivity index (χ3v) is 6.12. The average Bonchev–Trinajstić information content (AvgIpc) is 2.71. The van der Waals surface area contributed by atoms with E-state index in [0.29, 0.717) is 6.42 Å². The van der Waals surface area contributed by atoms with Gasteiger partial charge in [0.25, 0.3) is 0 Å². The van der Waals surface area contributed by atoms with E-state index in [2.05, 4.69) is 6.92 Å². The van der Waals surface area contributed by atoms with Crippen molar-refractivity contribution in [2.75, 3.05) is 0 Å². The maximum absolute atomic E-state index is 10.5. The molecule has 0 aliphatic heterocycles. The summed E-state index contributed by atoms with van der Waals surface area (Å²) in [5, 5.41) is 17.8. The largest absolute Gasteiger partial charge is 0.479 e. The lowest BCUT2D eigenvalue weighted by molar-refractivity contribution is -0.146. The second-order valence-electron chi connectivity index (χ2n) is 9.07. The molecule has 0 fully saturated rings. The molecule has 1 atom stereocenters. The summed E-state index contributed by atoms with van der Waals surface area (Å²) in [5.74, 6) is -1.09. The number of carbonyl (C=O) groups is 1. The van der Waals surface area contributed by atoms with E-state index >= 15 is 0 Å². The fraction of sp³-hybridized carbons (Fsp3) is 0.962. The van der Waals surface area contributed by atoms with Gasteiger partial charge in [-0.25, -0.2) is 4.79 Å². The summed E-state index contributed by atoms with van der Waals surface area (Å²) in [6.07, 6.45) is 29.0. The van der Waals surface area contributed by atoms with E-state index in [1.165, 1.54) is 128 Å². The van der Waals surface area contributed by atoms with Crippen LogP contribution in [-0.2, 0) is 4.79 Å². The standard InChI is InChI=1S/C26H52O3/c1-2-3-4-5-6-7-8-9-10-11-12-13-14-15-16-17-18-19-20-21-22-23-24-25(27)26(28)29/h25,27H,2-24H2,1H3,(H,28,29)/t25-/m1/s1. The van der Waals surface area contributed by atoms with Gasteiger partial charge in [0.15, 0.2) is 6.10 Å². The number of rotatable bonds is 24. The minimum Gasteiger partial charge on any atom is -0.479 e. The Labute approximate surface area is 182 Å². The van der Waals surface area contributed by atoms with Crippen LogP contribution >= 0.6 is 0 Å². The van der Waals surface area contributed by atoms with Gasteiger partial charge in [0, 0.05) is 0 Å². The smallest absolute Gasteiger partial charge is 0.332 e. The molecule has 0 radical (unpaired) electrons. The van der Waals surface area contributed by atoms with Crippen molar-refractivity contribution in [3.05, 3.63) is 0 Å². The topological polar surface area (TPSA) is 57.5 Å². The molecule has 0 aromatic heterocycles. The molecule has 0 rings (SSSR count). The molecule has 0 aliphatic carbocycles. The van der Waals surface area contributed by atoms with E-state index in [0.717, 1.165) is 12.8 Å². The molecule has 0 heterocycles. The normalized spacial score (nSPS) is 12.3. The molecule has 29 heavy (non-hydrogen) atoms. The van der Waals surface area contributed by atoms with Crippen LogP contribution < -0.4 is 0 Å². The highest BCUT2D eigenvalue weighted by Crippen LogP contribution is 2.15. The van der Waals surface area contributed by atoms with Crippen molar-refractivity contribution in [1.29, 1.82) is 0 Å². The molecule has 174 valence electrons. The Balaban J connectivity index is 3.04. The summed E-state index contributed by atoms with van der Waals surface area (Å²) in [5.41, 5.74) is 0. The van der Waals surface area contributed by atoms with Crippen LogP contribution in [0.3, 0.4) is 0 Å². The van der Waals surface area contributed by atoms with Gasteiger partial charge in [0.1, 0.15) is 0 Å². The van der Waals surface area contributed by atoms with Crippen LogP contribution in [0.25, 0.3) is 0 Å². The van der Waals surface area contributed by atoms with Crippen molar-refractivity contribution in [1.82, 2.24) is 0 Å². The molecule has 0 amide bonds. The van der Waals surface area contributed by atoms with E-state index < -0.39 is 12.1 Å². The van der Waals surface area contributed by atoms with Crippen LogP contribution in [0.4, 0.5) is 0 Å². The second-order valence-corrected chi connectivity index (χ2v) is 9.07. The Morgan fingerprint density at radius 2 is 0.759 bits per heavy atom. The number of aliphatic carboxylic acids is 1. The highest BCUT2D eigenvalue weighted by molar-refractivity contribution is 5.71. The van der Waals surface area contributed by atoms with Gasteiger partial charge in [-0.3, -0.25) is 0 Å². The Kier molecular flexibility index (Phi) is 23.2. The lowest BCUT2D eigenvalue weighted by atomic mass is 10.0. The summed E-state index contributed by atoms with van der Waals surface area (Å²) in [6.45, 7) is 2.29. The van der Waals surface area contributed by atoms with Crippen LogP contribution in [0.1, 0.15) is 155 Å². The molecule has 0 saturated carbocycles. The van der Waals surface area contributed by atoms with Crippen molar-refractivity contribution in [2.45, 2.75) is 161 Å². The minimum atomic E-state index is -1.17. The summed E-state index contributed by atoms with van der Waals surface area (Å²) in [7, 11) is 0. The SMILES string of the molecule is CCCCCCCCCCCCCCCCCCCCCCCC[C@@H](O)C(=O)O. The first-order chi connectivity index (χ1) is 14.2. The molecule has 0 saturated heterocycles. The zero-order chi connectivity index (χ0) is 21.4. The van der Waals surface area contributed by atoms with Gasteiger partial charge >= 0.3 is 5.97 Å². The molecular weight excluding hydrogens is 360 g/mol. The molecule has 0 aliphatic rings. The van der Waals surface area contributed by atoms with E-state index in [1.54, 1.807) is 0 Å². The number of unbranched alkanes of at least 4 members (excludes halogenated alkanes) is 21. The van der Waals surface area contributed by atoms with Gasteiger partial charge in [-0.2, -0.15) is 0 Å². The Bertz CT molecular complexity index is 330. The molecule has 0 aromatic carbocycles. The van der Waals surface area contributed by atoms with Crippen molar-refractivity contribution in [3.8, 4) is 0 Å². The van der Waals surface area contributed by atoms with Crippen LogP contribution in [0.2, 0.25) is 0 Å². The summed E-state index contributed by atoms with van der Waals surface area (Å²) in [6, 6.07) is 0. The van der Waals surface area contributed by atoms with Gasteiger partial charge in [0.2, 0.25) is 0 Å². The van der Waals surface area contributed by atoms with Crippen LogP contribution in [0.5, 0.6) is 0 Å². The summed E-state index contributed by atoms with van der Waals surface area (Å²) < 4.78 is 0. The van der Waals surface area contributed by atoms with Crippen molar-refractivity contribution < 1.29 is 15.0 Å². The van der Waals surface area contributed by atoms with E-state index in [4.69, 9.17) is 5.11 Å². The lowest BCUT2D eigenvalue weighted by Gasteiger charge is -2.05. The predicted molar refractivity (Wildman–Crippen MR) is 126 cm³/mol. The zero-order valence-corrected chi connectivity index (χ0v) is 19.6. The van der Waals surface area contributed by atoms with Gasteiger partial charge < -0.3 is 10.2 Å². The van der Waals surface area contributed by atoms with E-state index in [1.807, 2.05) is 0 Å². The Morgan fingerprint density at radius 3 is 1.00 bits per heavy atom. The second kappa shape index (κ2) is 23.7. The Morgan fingerprint density at radius 1 is 0.517 bits per heavy atom. The number of aliphatic hydroxyl groups is 1. The molecule has 0 spiro atoms. The molecule has 3 heteroatoms. The lowest BCUT2D eigenvalue weighted by Crippen LogP contribution is -2.18. The highest BCUT2D eigenvalue weighted by atomic mass is 16.4. The van der Waals surface area contributed by atoms with Crippen LogP contribution in [0.15, 0.2) is 0 Å². The van der Waals surface area contributed by atoms with E-state index in [9.17, 15) is 9.90 Å². The zero-order valence-electron chi connectivity index (χ0n) is 19.6. The van der Waals surface area contributed by atoms with Gasteiger partial charge in [0.05, 0.1) is 0 Å². The predicted octanol–water partition coefficient (Wildman–Crippen LogP) is 8.42. The molecule has 2 N–H and O–H groups in total. The quantitative estimate of drug-likeness (QED) is 0.156. The van der Waals surface area contributed by atoms with Gasteiger partial charge in [-0.05, 0) is 6.42 Å². The highest BCUT2D eigenvalue weighted by Gasteiger charge is 2.11. The molecular formula is C26H52O3. The van der Waals surface area contributed by atoms with Crippen molar-refractivity contribution >= 4 is 5.97 Å². The third-order valence-electron chi connectivity index (χ3n) is 6.12. The molecule has 0 aromatic rings. The Hall–Kier alpha value is -0.570. The van der Waals surface area contributed by atoms with Gasteiger partial charge in [-0.1, -0.05) is 148 Å². The van der Waals surface area contributed by atoms with E-state index in [-0.39, 0.29) is 0 Å². The number of hydrogen-bond acceptors (Lipinski definition) is 2. The average molecular weight is 413 g/mol. The fourth-order valence-corrected chi connectivity index (χ4v) is 4.07. The van der Waals surface area contributed by atoms with Crippen LogP contribution in [0, 0.1) is 0 Å². The van der Waals surface area contributed by atoms with Crippen LogP contribution in [-0.4, -0.2) is 22.3 Å². The molecule has 0 bridgehead atoms. The van der Waals surface area contributed by atoms with Gasteiger partial charge in [-0.15, -0.1) is 0 Å². The molecule has 0 unspecified atom stereocenters. The third kappa shape index (κ3) is 23.6. The summed E-state index contributed by atoms with van der Waals surface area (Å²) >= 11 is 0. The minimum absolute atomic E-state index is 0.397. The number of carboxylic acid groups (broad SMARTS) is 1. The van der Waals surface area contributed by atoms with Crippen molar-refractivity contribution in [2.24, 2.45) is 0 Å². The first-order valence-corrected chi connectivity index (χ1v) is 13.1. The summed E-state index contributed by atoms with van der Waals surface area (Å²) in [4.78, 5) is 10.5. The molecule has 3 nitrogen and oxygen atoms in total. The first-order valence-electron chi connectivity index (χ1n) is 13.1. The number of aliphatic hydroxyl groups excluding tert-OH is 1. The van der Waals surface area contributed by atoms with Crippen molar-refractivity contribution in [3.63, 3.8) is 0 Å². The maximum atomic E-state index is 10.5. The number of carboxylic acids is 1. The fourth-order valence-electron chi connectivity index (χ4n) is 4.07. The monoisotopic (exact) mass is 412 g/mol.